The van der Waals surface area contributed by atoms with Crippen LogP contribution in [0.4, 0.5) is 0 Å². The fourth-order valence-electron chi connectivity index (χ4n) is 1.43. The molecule has 1 aromatic rings. The molecule has 0 radical (unpaired) electrons. The summed E-state index contributed by atoms with van der Waals surface area (Å²) in [4.78, 5) is 26.2. The third-order valence-electron chi connectivity index (χ3n) is 2.30. The van der Waals surface area contributed by atoms with Crippen LogP contribution in [0.1, 0.15) is 20.3 Å². The van der Waals surface area contributed by atoms with Gasteiger partial charge in [0.2, 0.25) is 5.01 Å². The summed E-state index contributed by atoms with van der Waals surface area (Å²) in [6.07, 6.45) is 0. The molecular formula is C10H12N2O3S3. The summed E-state index contributed by atoms with van der Waals surface area (Å²) in [5.41, 5.74) is 0.186. The number of carbonyl (C=O) groups is 2. The maximum Gasteiger partial charge on any atom is 0.365 e. The highest BCUT2D eigenvalue weighted by atomic mass is 32.2. The van der Waals surface area contributed by atoms with Gasteiger partial charge in [-0.3, -0.25) is 4.79 Å². The Morgan fingerprint density at radius 2 is 2.33 bits per heavy atom. The van der Waals surface area contributed by atoms with Crippen molar-refractivity contribution in [1.82, 2.24) is 10.3 Å². The molecule has 1 amide bonds. The topological polar surface area (TPSA) is 79.3 Å². The maximum atomic E-state index is 11.7. The molecule has 98 valence electrons. The smallest absolute Gasteiger partial charge is 0.365 e. The zero-order chi connectivity index (χ0) is 13.0. The number of carbonyl (C=O) groups excluding carboxylic acids is 1. The van der Waals surface area contributed by atoms with Crippen LogP contribution in [-0.4, -0.2) is 51.0 Å². The molecule has 1 fully saturated rings. The van der Waals surface area contributed by atoms with Gasteiger partial charge in [-0.25, -0.2) is 9.78 Å². The Bertz CT molecular complexity index is 443. The number of carboxylic acids is 1. The van der Waals surface area contributed by atoms with Crippen LogP contribution in [0.3, 0.4) is 0 Å². The van der Waals surface area contributed by atoms with Gasteiger partial charge in [0.15, 0.2) is 0 Å². The molecule has 5 nitrogen and oxygen atoms in total. The molecule has 2 N–H and O–H groups in total. The highest BCUT2D eigenvalue weighted by molar-refractivity contribution is 8.06. The first-order valence-electron chi connectivity index (χ1n) is 5.33. The van der Waals surface area contributed by atoms with Crippen molar-refractivity contribution in [2.75, 3.05) is 23.8 Å². The first kappa shape index (κ1) is 13.7. The molecule has 8 heteroatoms. The van der Waals surface area contributed by atoms with Crippen LogP contribution in [0.5, 0.6) is 0 Å². The van der Waals surface area contributed by atoms with Gasteiger partial charge in [0.25, 0.3) is 5.91 Å². The van der Waals surface area contributed by atoms with Gasteiger partial charge in [0.1, 0.15) is 5.69 Å². The number of nitrogens with zero attached hydrogens (tertiary/aromatic N) is 1. The lowest BCUT2D eigenvalue weighted by atomic mass is 10.4. The number of aromatic carboxylic acids is 1. The van der Waals surface area contributed by atoms with E-state index >= 15 is 0 Å². The fraction of sp³-hybridized carbons (Fsp3) is 0.500. The van der Waals surface area contributed by atoms with E-state index in [1.807, 2.05) is 23.5 Å². The normalized spacial score (nSPS) is 19.4. The standard InChI is InChI=1S/C10H12N2O3S3/c13-8(7-5-18-9(12-7)10(14)15)11-3-6-4-16-1-2-17-6/h5-6H,1-4H2,(H,11,13)(H,14,15). The zero-order valence-electron chi connectivity index (χ0n) is 9.42. The molecule has 18 heavy (non-hydrogen) atoms. The lowest BCUT2D eigenvalue weighted by Crippen LogP contribution is -2.33. The molecule has 1 aliphatic rings. The number of hydrogen-bond donors (Lipinski definition) is 2. The van der Waals surface area contributed by atoms with E-state index in [1.165, 1.54) is 11.1 Å². The number of carboxylic acid groups (broad SMARTS) is 1. The average molecular weight is 304 g/mol. The van der Waals surface area contributed by atoms with Crippen LogP contribution in [0.2, 0.25) is 0 Å². The number of thioether (sulfide) groups is 2. The molecule has 1 saturated heterocycles. The van der Waals surface area contributed by atoms with Crippen LogP contribution in [-0.2, 0) is 0 Å². The molecule has 0 spiro atoms. The highest BCUT2D eigenvalue weighted by Gasteiger charge is 2.18. The third-order valence-corrected chi connectivity index (χ3v) is 5.97. The predicted molar refractivity (Wildman–Crippen MR) is 75.0 cm³/mol. The molecule has 0 aliphatic carbocycles. The Balaban J connectivity index is 1.84. The van der Waals surface area contributed by atoms with Crippen molar-refractivity contribution < 1.29 is 14.7 Å². The molecule has 2 heterocycles. The van der Waals surface area contributed by atoms with Crippen LogP contribution in [0.15, 0.2) is 5.38 Å². The summed E-state index contributed by atoms with van der Waals surface area (Å²) < 4.78 is 0. The van der Waals surface area contributed by atoms with Crippen molar-refractivity contribution in [1.29, 1.82) is 0 Å². The first-order chi connectivity index (χ1) is 8.66. The second-order valence-electron chi connectivity index (χ2n) is 3.62. The summed E-state index contributed by atoms with van der Waals surface area (Å²) in [6, 6.07) is 0. The Morgan fingerprint density at radius 1 is 1.50 bits per heavy atom. The van der Waals surface area contributed by atoms with Gasteiger partial charge in [-0.15, -0.1) is 11.3 Å². The Hall–Kier alpha value is -0.730. The third kappa shape index (κ3) is 3.63. The molecule has 0 saturated carbocycles. The largest absolute Gasteiger partial charge is 0.476 e. The van der Waals surface area contributed by atoms with Crippen LogP contribution >= 0.6 is 34.9 Å². The highest BCUT2D eigenvalue weighted by Crippen LogP contribution is 2.23. The molecule has 0 bridgehead atoms. The van der Waals surface area contributed by atoms with Gasteiger partial charge in [-0.1, -0.05) is 0 Å². The summed E-state index contributed by atoms with van der Waals surface area (Å²) in [7, 11) is 0. The molecular weight excluding hydrogens is 292 g/mol. The molecule has 0 aromatic carbocycles. The van der Waals surface area contributed by atoms with Crippen molar-refractivity contribution >= 4 is 46.7 Å². The number of hydrogen-bond acceptors (Lipinski definition) is 6. The number of aromatic nitrogens is 1. The molecule has 1 aliphatic heterocycles. The quantitative estimate of drug-likeness (QED) is 0.876. The van der Waals surface area contributed by atoms with Crippen molar-refractivity contribution in [2.24, 2.45) is 0 Å². The van der Waals surface area contributed by atoms with Gasteiger partial charge in [-0.2, -0.15) is 23.5 Å². The second-order valence-corrected chi connectivity index (χ2v) is 7.04. The Labute approximate surface area is 117 Å². The van der Waals surface area contributed by atoms with Crippen molar-refractivity contribution in [3.8, 4) is 0 Å². The minimum Gasteiger partial charge on any atom is -0.476 e. The lowest BCUT2D eigenvalue weighted by Gasteiger charge is -2.20. The van der Waals surface area contributed by atoms with E-state index in [0.717, 1.165) is 22.8 Å². The minimum absolute atomic E-state index is 0.0530. The van der Waals surface area contributed by atoms with E-state index < -0.39 is 5.97 Å². The molecule has 2 rings (SSSR count). The predicted octanol–water partition coefficient (Wildman–Crippen LogP) is 1.42. The SMILES string of the molecule is O=C(NCC1CSCCS1)c1csc(C(=O)O)n1. The monoisotopic (exact) mass is 304 g/mol. The first-order valence-corrected chi connectivity index (χ1v) is 8.41. The zero-order valence-corrected chi connectivity index (χ0v) is 11.9. The van der Waals surface area contributed by atoms with Gasteiger partial charge < -0.3 is 10.4 Å². The van der Waals surface area contributed by atoms with E-state index in [4.69, 9.17) is 5.11 Å². The van der Waals surface area contributed by atoms with Gasteiger partial charge >= 0.3 is 5.97 Å². The summed E-state index contributed by atoms with van der Waals surface area (Å²) in [5.74, 6) is 1.93. The number of rotatable bonds is 4. The lowest BCUT2D eigenvalue weighted by molar-refractivity contribution is 0.0696. The van der Waals surface area contributed by atoms with Crippen LogP contribution in [0, 0.1) is 0 Å². The molecule has 1 unspecified atom stereocenters. The number of nitrogens with one attached hydrogen (secondary N) is 1. The van der Waals surface area contributed by atoms with E-state index in [-0.39, 0.29) is 16.6 Å². The van der Waals surface area contributed by atoms with Crippen LogP contribution < -0.4 is 5.32 Å². The fourth-order valence-corrected chi connectivity index (χ4v) is 4.67. The van der Waals surface area contributed by atoms with Gasteiger partial charge in [0, 0.05) is 34.4 Å². The van der Waals surface area contributed by atoms with Crippen molar-refractivity contribution in [3.63, 3.8) is 0 Å². The van der Waals surface area contributed by atoms with Gasteiger partial charge in [-0.05, 0) is 0 Å². The van der Waals surface area contributed by atoms with E-state index in [9.17, 15) is 9.59 Å². The minimum atomic E-state index is -1.10. The second kappa shape index (κ2) is 6.44. The maximum absolute atomic E-state index is 11.7. The van der Waals surface area contributed by atoms with Crippen molar-refractivity contribution in [3.05, 3.63) is 16.1 Å². The van der Waals surface area contributed by atoms with E-state index in [2.05, 4.69) is 10.3 Å². The Morgan fingerprint density at radius 3 is 2.94 bits per heavy atom. The van der Waals surface area contributed by atoms with E-state index in [0.29, 0.717) is 11.8 Å². The molecule has 1 aromatic heterocycles. The summed E-state index contributed by atoms with van der Waals surface area (Å²) in [5, 5.41) is 13.4. The molecule has 1 atom stereocenters. The van der Waals surface area contributed by atoms with Crippen molar-refractivity contribution in [2.45, 2.75) is 5.25 Å². The van der Waals surface area contributed by atoms with E-state index in [1.54, 1.807) is 0 Å². The Kier molecular flexibility index (Phi) is 4.90. The summed E-state index contributed by atoms with van der Waals surface area (Å²) in [6.45, 7) is 0.608. The van der Waals surface area contributed by atoms with Gasteiger partial charge in [0.05, 0.1) is 0 Å². The number of amides is 1. The number of thiazole rings is 1. The average Bonchev–Trinajstić information content (AvgIpc) is 2.87. The van der Waals surface area contributed by atoms with Crippen LogP contribution in [0.25, 0.3) is 0 Å². The summed E-state index contributed by atoms with van der Waals surface area (Å²) >= 11 is 4.72.